The molecule has 1 saturated carbocycles. The van der Waals surface area contributed by atoms with Gasteiger partial charge in [-0.1, -0.05) is 36.4 Å². The summed E-state index contributed by atoms with van der Waals surface area (Å²) in [5.74, 6) is 1.12. The summed E-state index contributed by atoms with van der Waals surface area (Å²) in [4.78, 5) is 12.4. The fourth-order valence-electron chi connectivity index (χ4n) is 3.11. The Bertz CT molecular complexity index is 708. The van der Waals surface area contributed by atoms with Crippen LogP contribution in [0.25, 0.3) is 0 Å². The van der Waals surface area contributed by atoms with E-state index in [4.69, 9.17) is 9.47 Å². The van der Waals surface area contributed by atoms with E-state index in [1.165, 1.54) is 0 Å². The minimum atomic E-state index is -0.237. The van der Waals surface area contributed by atoms with Crippen molar-refractivity contribution in [2.45, 2.75) is 31.7 Å². The summed E-state index contributed by atoms with van der Waals surface area (Å²) in [6.45, 7) is 1.97. The van der Waals surface area contributed by atoms with Crippen LogP contribution in [-0.4, -0.2) is 19.6 Å². The molecule has 0 heterocycles. The highest BCUT2D eigenvalue weighted by Gasteiger charge is 2.39. The van der Waals surface area contributed by atoms with Crippen molar-refractivity contribution in [2.75, 3.05) is 13.7 Å². The Hall–Kier alpha value is -2.49. The second kappa shape index (κ2) is 6.95. The maximum Gasteiger partial charge on any atom is 0.258 e. The van der Waals surface area contributed by atoms with Crippen LogP contribution >= 0.6 is 0 Å². The third kappa shape index (κ3) is 3.37. The number of rotatable bonds is 6. The van der Waals surface area contributed by atoms with Crippen molar-refractivity contribution in [2.24, 2.45) is 0 Å². The topological polar surface area (TPSA) is 47.6 Å². The number of hydrogen-bond acceptors (Lipinski definition) is 3. The van der Waals surface area contributed by atoms with E-state index in [0.717, 1.165) is 30.4 Å². The Balaban J connectivity index is 1.64. The van der Waals surface area contributed by atoms with E-state index in [1.54, 1.807) is 7.11 Å². The number of carbonyl (C=O) groups excluding carboxylic acids is 1. The van der Waals surface area contributed by atoms with E-state index in [9.17, 15) is 4.79 Å². The molecular weight excluding hydrogens is 302 g/mol. The van der Waals surface area contributed by atoms with Gasteiger partial charge in [0.15, 0.2) is 18.1 Å². The normalized spacial score (nSPS) is 15.2. The Morgan fingerprint density at radius 3 is 2.50 bits per heavy atom. The van der Waals surface area contributed by atoms with E-state index in [1.807, 2.05) is 43.3 Å². The van der Waals surface area contributed by atoms with E-state index in [2.05, 4.69) is 17.4 Å². The van der Waals surface area contributed by atoms with Gasteiger partial charge in [0, 0.05) is 0 Å². The van der Waals surface area contributed by atoms with Crippen LogP contribution in [0, 0.1) is 6.92 Å². The summed E-state index contributed by atoms with van der Waals surface area (Å²) in [7, 11) is 1.60. The summed E-state index contributed by atoms with van der Waals surface area (Å²) in [6.07, 6.45) is 3.06. The van der Waals surface area contributed by atoms with Crippen LogP contribution in [0.1, 0.15) is 30.4 Å². The lowest BCUT2D eigenvalue weighted by Crippen LogP contribution is -2.52. The van der Waals surface area contributed by atoms with Gasteiger partial charge < -0.3 is 14.8 Å². The standard InChI is InChI=1S/C20H23NO3/c1-15-9-10-17(18(13-15)23-2)24-14-19(22)21-20(11-6-12-20)16-7-4-3-5-8-16/h3-5,7-10,13H,6,11-12,14H2,1-2H3,(H,21,22). The number of ether oxygens (including phenoxy) is 2. The molecule has 0 aliphatic heterocycles. The number of methoxy groups -OCH3 is 1. The Morgan fingerprint density at radius 1 is 1.12 bits per heavy atom. The molecule has 4 heteroatoms. The van der Waals surface area contributed by atoms with Crippen LogP contribution in [-0.2, 0) is 10.3 Å². The maximum atomic E-state index is 12.4. The number of aryl methyl sites for hydroxylation is 1. The highest BCUT2D eigenvalue weighted by atomic mass is 16.5. The summed E-state index contributed by atoms with van der Waals surface area (Å²) < 4.78 is 11.0. The van der Waals surface area contributed by atoms with Crippen molar-refractivity contribution in [1.82, 2.24) is 5.32 Å². The minimum absolute atomic E-state index is 0.0198. The zero-order valence-corrected chi connectivity index (χ0v) is 14.2. The fraction of sp³-hybridized carbons (Fsp3) is 0.350. The van der Waals surface area contributed by atoms with Crippen LogP contribution in [0.5, 0.6) is 11.5 Å². The molecule has 0 spiro atoms. The van der Waals surface area contributed by atoms with Crippen LogP contribution in [0.3, 0.4) is 0 Å². The number of carbonyl (C=O) groups is 1. The summed E-state index contributed by atoms with van der Waals surface area (Å²) in [5.41, 5.74) is 2.01. The lowest BCUT2D eigenvalue weighted by Gasteiger charge is -2.43. The Kier molecular flexibility index (Phi) is 4.74. The smallest absolute Gasteiger partial charge is 0.258 e. The molecule has 0 saturated heterocycles. The van der Waals surface area contributed by atoms with Crippen LogP contribution in [0.2, 0.25) is 0 Å². The molecule has 24 heavy (non-hydrogen) atoms. The van der Waals surface area contributed by atoms with Gasteiger partial charge in [0.05, 0.1) is 12.6 Å². The Labute approximate surface area is 142 Å². The van der Waals surface area contributed by atoms with Crippen LogP contribution < -0.4 is 14.8 Å². The van der Waals surface area contributed by atoms with Gasteiger partial charge in [0.2, 0.25) is 0 Å². The largest absolute Gasteiger partial charge is 0.493 e. The molecule has 0 bridgehead atoms. The predicted molar refractivity (Wildman–Crippen MR) is 93.3 cm³/mol. The molecule has 4 nitrogen and oxygen atoms in total. The molecule has 0 unspecified atom stereocenters. The van der Waals surface area contributed by atoms with E-state index >= 15 is 0 Å². The molecule has 1 fully saturated rings. The maximum absolute atomic E-state index is 12.4. The molecule has 1 amide bonds. The lowest BCUT2D eigenvalue weighted by molar-refractivity contribution is -0.126. The summed E-state index contributed by atoms with van der Waals surface area (Å²) in [5, 5.41) is 3.16. The zero-order valence-electron chi connectivity index (χ0n) is 14.2. The van der Waals surface area contributed by atoms with Gasteiger partial charge in [0.1, 0.15) is 0 Å². The lowest BCUT2D eigenvalue weighted by atomic mass is 9.72. The van der Waals surface area contributed by atoms with Gasteiger partial charge in [-0.15, -0.1) is 0 Å². The van der Waals surface area contributed by atoms with Crippen molar-refractivity contribution in [3.05, 3.63) is 59.7 Å². The molecule has 0 aromatic heterocycles. The second-order valence-corrected chi connectivity index (χ2v) is 6.29. The molecule has 3 rings (SSSR count). The van der Waals surface area contributed by atoms with Gasteiger partial charge in [-0.2, -0.15) is 0 Å². The van der Waals surface area contributed by atoms with Crippen LogP contribution in [0.15, 0.2) is 48.5 Å². The van der Waals surface area contributed by atoms with Gasteiger partial charge in [0.25, 0.3) is 5.91 Å². The third-order valence-corrected chi connectivity index (χ3v) is 4.59. The average molecular weight is 325 g/mol. The number of benzene rings is 2. The highest BCUT2D eigenvalue weighted by Crippen LogP contribution is 2.41. The van der Waals surface area contributed by atoms with Gasteiger partial charge in [-0.25, -0.2) is 0 Å². The molecule has 2 aromatic carbocycles. The van der Waals surface area contributed by atoms with E-state index < -0.39 is 0 Å². The molecule has 1 N–H and O–H groups in total. The molecule has 0 radical (unpaired) electrons. The molecule has 2 aromatic rings. The summed E-state index contributed by atoms with van der Waals surface area (Å²) >= 11 is 0. The first-order valence-corrected chi connectivity index (χ1v) is 8.27. The molecule has 1 aliphatic rings. The van der Waals surface area contributed by atoms with Crippen molar-refractivity contribution >= 4 is 5.91 Å². The minimum Gasteiger partial charge on any atom is -0.493 e. The SMILES string of the molecule is COc1cc(C)ccc1OCC(=O)NC1(c2ccccc2)CCC1. The van der Waals surface area contributed by atoms with E-state index in [-0.39, 0.29) is 18.1 Å². The second-order valence-electron chi connectivity index (χ2n) is 6.29. The predicted octanol–water partition coefficient (Wildman–Crippen LogP) is 3.58. The first-order valence-electron chi connectivity index (χ1n) is 8.27. The number of nitrogens with one attached hydrogen (secondary N) is 1. The van der Waals surface area contributed by atoms with E-state index in [0.29, 0.717) is 11.5 Å². The summed E-state index contributed by atoms with van der Waals surface area (Å²) in [6, 6.07) is 15.8. The van der Waals surface area contributed by atoms with Gasteiger partial charge in [-0.05, 0) is 49.4 Å². The monoisotopic (exact) mass is 325 g/mol. The molecule has 126 valence electrons. The number of hydrogen-bond donors (Lipinski definition) is 1. The van der Waals surface area contributed by atoms with Gasteiger partial charge >= 0.3 is 0 Å². The fourth-order valence-corrected chi connectivity index (χ4v) is 3.11. The average Bonchev–Trinajstić information content (AvgIpc) is 2.57. The van der Waals surface area contributed by atoms with Crippen LogP contribution in [0.4, 0.5) is 0 Å². The van der Waals surface area contributed by atoms with Crippen molar-refractivity contribution in [1.29, 1.82) is 0 Å². The molecule has 1 aliphatic carbocycles. The molecule has 0 atom stereocenters. The molecular formula is C20H23NO3. The highest BCUT2D eigenvalue weighted by molar-refractivity contribution is 5.79. The third-order valence-electron chi connectivity index (χ3n) is 4.59. The van der Waals surface area contributed by atoms with Crippen molar-refractivity contribution in [3.63, 3.8) is 0 Å². The van der Waals surface area contributed by atoms with Crippen molar-refractivity contribution < 1.29 is 14.3 Å². The Morgan fingerprint density at radius 2 is 1.88 bits per heavy atom. The zero-order chi connectivity index (χ0) is 17.0. The first-order chi connectivity index (χ1) is 11.6. The quantitative estimate of drug-likeness (QED) is 0.883. The number of amides is 1. The van der Waals surface area contributed by atoms with Gasteiger partial charge in [-0.3, -0.25) is 4.79 Å². The first kappa shape index (κ1) is 16.4. The van der Waals surface area contributed by atoms with Crippen molar-refractivity contribution in [3.8, 4) is 11.5 Å².